The number of aromatic nitrogens is 3. The van der Waals surface area contributed by atoms with Gasteiger partial charge in [-0.2, -0.15) is 0 Å². The SMILES string of the molecule is OC[C@@H]1O[C@@H](n2cc(-c3ccccc3)nn2)[C@H](O)[C@H](O)[C@H]1O. The van der Waals surface area contributed by atoms with Gasteiger partial charge in [0.1, 0.15) is 30.1 Å². The number of hydrogen-bond donors (Lipinski definition) is 4. The van der Waals surface area contributed by atoms with Gasteiger partial charge in [0.25, 0.3) is 0 Å². The van der Waals surface area contributed by atoms with E-state index in [-0.39, 0.29) is 0 Å². The maximum absolute atomic E-state index is 10.0. The van der Waals surface area contributed by atoms with Gasteiger partial charge in [-0.05, 0) is 0 Å². The maximum atomic E-state index is 10.0. The number of aliphatic hydroxyl groups is 4. The highest BCUT2D eigenvalue weighted by Crippen LogP contribution is 2.28. The average molecular weight is 307 g/mol. The van der Waals surface area contributed by atoms with Gasteiger partial charge < -0.3 is 25.2 Å². The molecule has 2 aromatic rings. The zero-order valence-corrected chi connectivity index (χ0v) is 11.6. The van der Waals surface area contributed by atoms with E-state index >= 15 is 0 Å². The van der Waals surface area contributed by atoms with E-state index < -0.39 is 37.3 Å². The lowest BCUT2D eigenvalue weighted by Gasteiger charge is -2.39. The zero-order chi connectivity index (χ0) is 15.7. The Kier molecular flexibility index (Phi) is 4.19. The predicted octanol–water partition coefficient (Wildman–Crippen LogP) is -1.08. The summed E-state index contributed by atoms with van der Waals surface area (Å²) in [6, 6.07) is 9.33. The minimum Gasteiger partial charge on any atom is -0.394 e. The van der Waals surface area contributed by atoms with Crippen LogP contribution in [0.15, 0.2) is 36.5 Å². The summed E-state index contributed by atoms with van der Waals surface area (Å²) in [6.45, 7) is -0.484. The molecular formula is C14H17N3O5. The fourth-order valence-corrected chi connectivity index (χ4v) is 2.44. The third-order valence-electron chi connectivity index (χ3n) is 3.71. The zero-order valence-electron chi connectivity index (χ0n) is 11.6. The maximum Gasteiger partial charge on any atom is 0.180 e. The molecule has 0 aliphatic carbocycles. The Bertz CT molecular complexity index is 618. The van der Waals surface area contributed by atoms with Gasteiger partial charge >= 0.3 is 0 Å². The third kappa shape index (κ3) is 2.62. The molecule has 22 heavy (non-hydrogen) atoms. The van der Waals surface area contributed by atoms with Crippen LogP contribution in [0.5, 0.6) is 0 Å². The second-order valence-electron chi connectivity index (χ2n) is 5.17. The highest BCUT2D eigenvalue weighted by atomic mass is 16.6. The van der Waals surface area contributed by atoms with Crippen LogP contribution in [-0.2, 0) is 4.74 Å². The number of aliphatic hydroxyl groups excluding tert-OH is 4. The fraction of sp³-hybridized carbons (Fsp3) is 0.429. The molecule has 1 fully saturated rings. The third-order valence-corrected chi connectivity index (χ3v) is 3.71. The molecule has 1 aliphatic rings. The van der Waals surface area contributed by atoms with Crippen molar-refractivity contribution in [3.8, 4) is 11.3 Å². The smallest absolute Gasteiger partial charge is 0.180 e. The largest absolute Gasteiger partial charge is 0.394 e. The van der Waals surface area contributed by atoms with Gasteiger partial charge in [-0.25, -0.2) is 4.68 Å². The van der Waals surface area contributed by atoms with E-state index in [1.54, 1.807) is 6.20 Å². The van der Waals surface area contributed by atoms with Crippen LogP contribution in [0, 0.1) is 0 Å². The van der Waals surface area contributed by atoms with E-state index in [0.29, 0.717) is 5.69 Å². The van der Waals surface area contributed by atoms with Crippen LogP contribution >= 0.6 is 0 Å². The van der Waals surface area contributed by atoms with Gasteiger partial charge in [-0.1, -0.05) is 35.5 Å². The molecule has 1 aromatic carbocycles. The topological polar surface area (TPSA) is 121 Å². The van der Waals surface area contributed by atoms with Gasteiger partial charge in [0.05, 0.1) is 12.8 Å². The second-order valence-corrected chi connectivity index (χ2v) is 5.17. The van der Waals surface area contributed by atoms with Gasteiger partial charge in [0.2, 0.25) is 0 Å². The van der Waals surface area contributed by atoms with E-state index in [1.807, 2.05) is 30.3 Å². The Hall–Kier alpha value is -1.84. The molecule has 8 heteroatoms. The molecule has 1 saturated heterocycles. The Morgan fingerprint density at radius 1 is 1.05 bits per heavy atom. The standard InChI is InChI=1S/C14H17N3O5/c18-7-10-11(19)12(20)13(21)14(22-10)17-6-9(15-16-17)8-4-2-1-3-5-8/h1-6,10-14,18-21H,7H2/t10-,11-,12+,13+,14+/m0/s1. The molecule has 8 nitrogen and oxygen atoms in total. The molecule has 0 saturated carbocycles. The summed E-state index contributed by atoms with van der Waals surface area (Å²) in [4.78, 5) is 0. The van der Waals surface area contributed by atoms with Crippen LogP contribution in [0.3, 0.4) is 0 Å². The van der Waals surface area contributed by atoms with Gasteiger partial charge in [0, 0.05) is 5.56 Å². The quantitative estimate of drug-likeness (QED) is 0.569. The highest BCUT2D eigenvalue weighted by Gasteiger charge is 2.44. The monoisotopic (exact) mass is 307 g/mol. The molecule has 0 spiro atoms. The van der Waals surface area contributed by atoms with E-state index in [2.05, 4.69) is 10.3 Å². The Balaban J connectivity index is 1.86. The van der Waals surface area contributed by atoms with Crippen molar-refractivity contribution in [2.75, 3.05) is 6.61 Å². The predicted molar refractivity (Wildman–Crippen MR) is 74.5 cm³/mol. The fourth-order valence-electron chi connectivity index (χ4n) is 2.44. The van der Waals surface area contributed by atoms with Gasteiger partial charge in [-0.15, -0.1) is 5.10 Å². The van der Waals surface area contributed by atoms with Crippen molar-refractivity contribution in [3.63, 3.8) is 0 Å². The van der Waals surface area contributed by atoms with Crippen LogP contribution in [0.25, 0.3) is 11.3 Å². The van der Waals surface area contributed by atoms with Gasteiger partial charge in [0.15, 0.2) is 6.23 Å². The van der Waals surface area contributed by atoms with E-state index in [1.165, 1.54) is 4.68 Å². The normalized spacial score (nSPS) is 32.1. The van der Waals surface area contributed by atoms with Crippen molar-refractivity contribution in [1.82, 2.24) is 15.0 Å². The molecule has 1 aromatic heterocycles. The lowest BCUT2D eigenvalue weighted by atomic mass is 9.98. The van der Waals surface area contributed by atoms with Crippen molar-refractivity contribution < 1.29 is 25.2 Å². The summed E-state index contributed by atoms with van der Waals surface area (Å²) >= 11 is 0. The van der Waals surface area contributed by atoms with Crippen LogP contribution in [0.2, 0.25) is 0 Å². The molecule has 1 aliphatic heterocycles. The molecule has 0 bridgehead atoms. The molecule has 0 amide bonds. The number of benzene rings is 1. The van der Waals surface area contributed by atoms with Crippen LogP contribution in [-0.4, -0.2) is 66.4 Å². The molecule has 118 valence electrons. The number of hydrogen-bond acceptors (Lipinski definition) is 7. The first-order valence-corrected chi connectivity index (χ1v) is 6.89. The molecule has 3 rings (SSSR count). The number of rotatable bonds is 3. The molecule has 2 heterocycles. The molecule has 0 unspecified atom stereocenters. The van der Waals surface area contributed by atoms with Crippen LogP contribution in [0.4, 0.5) is 0 Å². The minimum absolute atomic E-state index is 0.484. The average Bonchev–Trinajstić information content (AvgIpc) is 3.04. The lowest BCUT2D eigenvalue weighted by molar-refractivity contribution is -0.254. The van der Waals surface area contributed by atoms with E-state index in [4.69, 9.17) is 4.74 Å². The summed E-state index contributed by atoms with van der Waals surface area (Å²) in [7, 11) is 0. The Morgan fingerprint density at radius 3 is 2.45 bits per heavy atom. The molecule has 4 N–H and O–H groups in total. The van der Waals surface area contributed by atoms with Crippen molar-refractivity contribution in [1.29, 1.82) is 0 Å². The van der Waals surface area contributed by atoms with Crippen LogP contribution < -0.4 is 0 Å². The lowest BCUT2D eigenvalue weighted by Crippen LogP contribution is -2.56. The van der Waals surface area contributed by atoms with Crippen molar-refractivity contribution in [3.05, 3.63) is 36.5 Å². The van der Waals surface area contributed by atoms with Crippen molar-refractivity contribution in [2.45, 2.75) is 30.6 Å². The Labute approximate surface area is 126 Å². The summed E-state index contributed by atoms with van der Waals surface area (Å²) in [5.41, 5.74) is 1.43. The Morgan fingerprint density at radius 2 is 1.77 bits per heavy atom. The van der Waals surface area contributed by atoms with E-state index in [9.17, 15) is 20.4 Å². The van der Waals surface area contributed by atoms with Crippen molar-refractivity contribution >= 4 is 0 Å². The second kappa shape index (κ2) is 6.11. The first-order chi connectivity index (χ1) is 10.6. The minimum atomic E-state index is -1.44. The molecular weight excluding hydrogens is 290 g/mol. The number of ether oxygens (including phenoxy) is 1. The summed E-state index contributed by atoms with van der Waals surface area (Å²) < 4.78 is 6.68. The summed E-state index contributed by atoms with van der Waals surface area (Å²) in [5, 5.41) is 46.7. The van der Waals surface area contributed by atoms with E-state index in [0.717, 1.165) is 5.56 Å². The first-order valence-electron chi connectivity index (χ1n) is 6.89. The summed E-state index contributed by atoms with van der Waals surface area (Å²) in [5.74, 6) is 0. The molecule has 5 atom stereocenters. The summed E-state index contributed by atoms with van der Waals surface area (Å²) in [6.07, 6.45) is -4.67. The van der Waals surface area contributed by atoms with Crippen molar-refractivity contribution in [2.24, 2.45) is 0 Å². The van der Waals surface area contributed by atoms with Crippen LogP contribution in [0.1, 0.15) is 6.23 Å². The number of nitrogens with zero attached hydrogens (tertiary/aromatic N) is 3. The molecule has 0 radical (unpaired) electrons. The first kappa shape index (κ1) is 15.1. The highest BCUT2D eigenvalue weighted by molar-refractivity contribution is 5.57. The van der Waals surface area contributed by atoms with Gasteiger partial charge in [-0.3, -0.25) is 0 Å².